The van der Waals surface area contributed by atoms with Crippen LogP contribution in [-0.2, 0) is 11.3 Å². The van der Waals surface area contributed by atoms with Crippen LogP contribution in [0.3, 0.4) is 0 Å². The third-order valence-electron chi connectivity index (χ3n) is 2.94. The highest BCUT2D eigenvalue weighted by atomic mass is 16.2. The minimum atomic E-state index is -0.179. The van der Waals surface area contributed by atoms with Gasteiger partial charge in [0.15, 0.2) is 0 Å². The molecule has 7 nitrogen and oxygen atoms in total. The molecular formula is C14H17N5O2. The Morgan fingerprint density at radius 1 is 1.29 bits per heavy atom. The number of nitrogens with one attached hydrogen (secondary N) is 2. The molecule has 0 radical (unpaired) electrons. The average molecular weight is 287 g/mol. The molecule has 110 valence electrons. The first-order chi connectivity index (χ1) is 10.2. The second kappa shape index (κ2) is 7.18. The Labute approximate surface area is 122 Å². The van der Waals surface area contributed by atoms with Crippen molar-refractivity contribution >= 4 is 11.8 Å². The van der Waals surface area contributed by atoms with Gasteiger partial charge in [-0.1, -0.05) is 18.2 Å². The second-order valence-corrected chi connectivity index (χ2v) is 4.55. The van der Waals surface area contributed by atoms with Gasteiger partial charge >= 0.3 is 0 Å². The van der Waals surface area contributed by atoms with Crippen LogP contribution in [-0.4, -0.2) is 45.5 Å². The molecule has 0 saturated heterocycles. The van der Waals surface area contributed by atoms with Crippen LogP contribution < -0.4 is 5.32 Å². The van der Waals surface area contributed by atoms with Gasteiger partial charge in [-0.2, -0.15) is 5.10 Å². The predicted octanol–water partition coefficient (Wildman–Crippen LogP) is 0.583. The number of aromatic amines is 1. The molecule has 0 aliphatic heterocycles. The first-order valence-corrected chi connectivity index (χ1v) is 6.58. The molecule has 0 aliphatic carbocycles. The summed E-state index contributed by atoms with van der Waals surface area (Å²) >= 11 is 0. The summed E-state index contributed by atoms with van der Waals surface area (Å²) in [6.45, 7) is 0.665. The van der Waals surface area contributed by atoms with Crippen molar-refractivity contribution in [3.8, 4) is 0 Å². The SMILES string of the molecule is CN(Cc1ncn[nH]1)C(=O)CCNC(=O)c1ccccc1. The summed E-state index contributed by atoms with van der Waals surface area (Å²) in [7, 11) is 1.68. The Bertz CT molecular complexity index is 583. The van der Waals surface area contributed by atoms with Crippen molar-refractivity contribution in [2.45, 2.75) is 13.0 Å². The molecule has 1 heterocycles. The number of carbonyl (C=O) groups is 2. The zero-order valence-corrected chi connectivity index (χ0v) is 11.7. The molecule has 0 unspecified atom stereocenters. The fraction of sp³-hybridized carbons (Fsp3) is 0.286. The summed E-state index contributed by atoms with van der Waals surface area (Å²) in [5.41, 5.74) is 0.583. The maximum atomic E-state index is 11.9. The standard InChI is InChI=1S/C14H17N5O2/c1-19(9-12-16-10-17-18-12)13(20)7-8-15-14(21)11-5-3-2-4-6-11/h2-6,10H,7-9H2,1H3,(H,15,21)(H,16,17,18). The fourth-order valence-electron chi connectivity index (χ4n) is 1.79. The number of hydrogen-bond donors (Lipinski definition) is 2. The second-order valence-electron chi connectivity index (χ2n) is 4.55. The summed E-state index contributed by atoms with van der Waals surface area (Å²) in [5.74, 6) is 0.375. The molecule has 0 spiro atoms. The van der Waals surface area contributed by atoms with Gasteiger partial charge in [0, 0.05) is 25.6 Å². The topological polar surface area (TPSA) is 91.0 Å². The van der Waals surface area contributed by atoms with E-state index in [1.807, 2.05) is 6.07 Å². The maximum absolute atomic E-state index is 11.9. The van der Waals surface area contributed by atoms with Crippen molar-refractivity contribution in [1.29, 1.82) is 0 Å². The number of hydrogen-bond acceptors (Lipinski definition) is 4. The van der Waals surface area contributed by atoms with Crippen LogP contribution in [0.2, 0.25) is 0 Å². The van der Waals surface area contributed by atoms with Gasteiger partial charge in [-0.25, -0.2) is 4.98 Å². The summed E-state index contributed by atoms with van der Waals surface area (Å²) in [5, 5.41) is 9.14. The zero-order valence-electron chi connectivity index (χ0n) is 11.7. The predicted molar refractivity (Wildman–Crippen MR) is 76.2 cm³/mol. The van der Waals surface area contributed by atoms with Crippen LogP contribution in [0.25, 0.3) is 0 Å². The van der Waals surface area contributed by atoms with E-state index in [4.69, 9.17) is 0 Å². The van der Waals surface area contributed by atoms with Gasteiger partial charge in [-0.15, -0.1) is 0 Å². The van der Waals surface area contributed by atoms with Crippen LogP contribution in [0.1, 0.15) is 22.6 Å². The number of nitrogens with zero attached hydrogens (tertiary/aromatic N) is 3. The van der Waals surface area contributed by atoms with Gasteiger partial charge in [0.1, 0.15) is 12.2 Å². The number of aromatic nitrogens is 3. The van der Waals surface area contributed by atoms with Crippen LogP contribution in [0.15, 0.2) is 36.7 Å². The van der Waals surface area contributed by atoms with Gasteiger partial charge in [-0.3, -0.25) is 14.7 Å². The molecule has 21 heavy (non-hydrogen) atoms. The summed E-state index contributed by atoms with van der Waals surface area (Å²) in [6.07, 6.45) is 1.64. The minimum Gasteiger partial charge on any atom is -0.352 e. The molecule has 7 heteroatoms. The quantitative estimate of drug-likeness (QED) is 0.813. The number of H-pyrrole nitrogens is 1. The smallest absolute Gasteiger partial charge is 0.251 e. The van der Waals surface area contributed by atoms with E-state index in [-0.39, 0.29) is 18.2 Å². The van der Waals surface area contributed by atoms with Crippen LogP contribution >= 0.6 is 0 Å². The molecular weight excluding hydrogens is 270 g/mol. The van der Waals surface area contributed by atoms with Gasteiger partial charge in [0.05, 0.1) is 6.54 Å². The van der Waals surface area contributed by atoms with E-state index in [9.17, 15) is 9.59 Å². The van der Waals surface area contributed by atoms with Crippen LogP contribution in [0.5, 0.6) is 0 Å². The summed E-state index contributed by atoms with van der Waals surface area (Å²) < 4.78 is 0. The monoisotopic (exact) mass is 287 g/mol. The van der Waals surface area contributed by atoms with E-state index in [0.29, 0.717) is 24.5 Å². The molecule has 2 amide bonds. The van der Waals surface area contributed by atoms with E-state index in [2.05, 4.69) is 20.5 Å². The molecule has 0 bridgehead atoms. The normalized spacial score (nSPS) is 10.1. The van der Waals surface area contributed by atoms with Crippen LogP contribution in [0.4, 0.5) is 0 Å². The van der Waals surface area contributed by atoms with Gasteiger partial charge in [0.25, 0.3) is 5.91 Å². The van der Waals surface area contributed by atoms with E-state index in [1.54, 1.807) is 31.3 Å². The molecule has 0 atom stereocenters. The van der Waals surface area contributed by atoms with E-state index >= 15 is 0 Å². The molecule has 1 aromatic heterocycles. The van der Waals surface area contributed by atoms with Crippen molar-refractivity contribution in [2.24, 2.45) is 0 Å². The van der Waals surface area contributed by atoms with E-state index < -0.39 is 0 Å². The maximum Gasteiger partial charge on any atom is 0.251 e. The Morgan fingerprint density at radius 3 is 2.71 bits per heavy atom. The van der Waals surface area contributed by atoms with Crippen LogP contribution in [0, 0.1) is 0 Å². The molecule has 1 aromatic carbocycles. The van der Waals surface area contributed by atoms with Crippen molar-refractivity contribution in [1.82, 2.24) is 25.4 Å². The Balaban J connectivity index is 1.73. The number of amides is 2. The largest absolute Gasteiger partial charge is 0.352 e. The Kier molecular flexibility index (Phi) is 5.03. The Morgan fingerprint density at radius 2 is 2.05 bits per heavy atom. The first-order valence-electron chi connectivity index (χ1n) is 6.58. The fourth-order valence-corrected chi connectivity index (χ4v) is 1.79. The highest BCUT2D eigenvalue weighted by Gasteiger charge is 2.11. The first kappa shape index (κ1) is 14.7. The average Bonchev–Trinajstić information content (AvgIpc) is 3.00. The van der Waals surface area contributed by atoms with Crippen molar-refractivity contribution in [3.63, 3.8) is 0 Å². The molecule has 0 aliphatic rings. The Hall–Kier alpha value is -2.70. The lowest BCUT2D eigenvalue weighted by molar-refractivity contribution is -0.130. The number of carbonyl (C=O) groups excluding carboxylic acids is 2. The molecule has 0 saturated carbocycles. The van der Waals surface area contributed by atoms with Gasteiger partial charge in [-0.05, 0) is 12.1 Å². The molecule has 2 rings (SSSR count). The minimum absolute atomic E-state index is 0.0697. The lowest BCUT2D eigenvalue weighted by Crippen LogP contribution is -2.32. The lowest BCUT2D eigenvalue weighted by atomic mass is 10.2. The highest BCUT2D eigenvalue weighted by molar-refractivity contribution is 5.94. The number of benzene rings is 1. The van der Waals surface area contributed by atoms with Gasteiger partial charge < -0.3 is 10.2 Å². The van der Waals surface area contributed by atoms with Crippen molar-refractivity contribution < 1.29 is 9.59 Å². The van der Waals surface area contributed by atoms with E-state index in [0.717, 1.165) is 0 Å². The molecule has 2 aromatic rings. The highest BCUT2D eigenvalue weighted by Crippen LogP contribution is 1.99. The lowest BCUT2D eigenvalue weighted by Gasteiger charge is -2.15. The van der Waals surface area contributed by atoms with Crippen molar-refractivity contribution in [3.05, 3.63) is 48.0 Å². The van der Waals surface area contributed by atoms with Gasteiger partial charge in [0.2, 0.25) is 5.91 Å². The molecule has 2 N–H and O–H groups in total. The molecule has 0 fully saturated rings. The van der Waals surface area contributed by atoms with Crippen molar-refractivity contribution in [2.75, 3.05) is 13.6 Å². The van der Waals surface area contributed by atoms with E-state index in [1.165, 1.54) is 11.2 Å². The zero-order chi connectivity index (χ0) is 15.1. The third-order valence-corrected chi connectivity index (χ3v) is 2.94. The third kappa shape index (κ3) is 4.41. The summed E-state index contributed by atoms with van der Waals surface area (Å²) in [6, 6.07) is 8.90. The summed E-state index contributed by atoms with van der Waals surface area (Å²) in [4.78, 5) is 29.2. The number of rotatable bonds is 6.